The van der Waals surface area contributed by atoms with E-state index in [9.17, 15) is 4.79 Å². The summed E-state index contributed by atoms with van der Waals surface area (Å²) in [6.07, 6.45) is 0.877. The van der Waals surface area contributed by atoms with Gasteiger partial charge in [-0.05, 0) is 13.3 Å². The zero-order valence-corrected chi connectivity index (χ0v) is 5.61. The van der Waals surface area contributed by atoms with Crippen LogP contribution in [0.3, 0.4) is 0 Å². The molecular weight excluding hydrogens is 116 g/mol. The molecule has 3 heteroatoms. The second-order valence-corrected chi connectivity index (χ2v) is 2.77. The Morgan fingerprint density at radius 3 is 2.78 bits per heavy atom. The monoisotopic (exact) mass is 128 g/mol. The van der Waals surface area contributed by atoms with Crippen molar-refractivity contribution in [1.82, 2.24) is 5.32 Å². The molecule has 1 amide bonds. The highest BCUT2D eigenvalue weighted by molar-refractivity contribution is 5.84. The van der Waals surface area contributed by atoms with Crippen molar-refractivity contribution in [1.29, 1.82) is 0 Å². The van der Waals surface area contributed by atoms with Gasteiger partial charge in [-0.2, -0.15) is 0 Å². The average Bonchev–Trinajstić information content (AvgIpc) is 2.15. The lowest BCUT2D eigenvalue weighted by molar-refractivity contribution is -0.126. The number of hydrogen-bond donors (Lipinski definition) is 2. The van der Waals surface area contributed by atoms with Crippen LogP contribution in [0.2, 0.25) is 0 Å². The Morgan fingerprint density at radius 1 is 1.89 bits per heavy atom. The molecule has 1 rings (SSSR count). The van der Waals surface area contributed by atoms with Gasteiger partial charge >= 0.3 is 0 Å². The average molecular weight is 128 g/mol. The van der Waals surface area contributed by atoms with Crippen molar-refractivity contribution in [3.63, 3.8) is 0 Å². The smallest absolute Gasteiger partial charge is 0.227 e. The Morgan fingerprint density at radius 2 is 2.56 bits per heavy atom. The van der Waals surface area contributed by atoms with E-state index in [-0.39, 0.29) is 11.3 Å². The standard InChI is InChI=1S/C6H12N2O/c1-6(4-7)2-3-8-5(6)9/h2-4,7H2,1H3,(H,8,9)/t6-/m1/s1. The number of nitrogens with two attached hydrogens (primary N) is 1. The summed E-state index contributed by atoms with van der Waals surface area (Å²) in [5.41, 5.74) is 5.12. The molecule has 1 aliphatic rings. The van der Waals surface area contributed by atoms with Crippen LogP contribution < -0.4 is 11.1 Å². The van der Waals surface area contributed by atoms with Crippen LogP contribution in [-0.2, 0) is 4.79 Å². The number of carbonyl (C=O) groups is 1. The van der Waals surface area contributed by atoms with Crippen molar-refractivity contribution >= 4 is 5.91 Å². The minimum Gasteiger partial charge on any atom is -0.356 e. The zero-order valence-electron chi connectivity index (χ0n) is 5.61. The minimum atomic E-state index is -0.278. The first-order valence-electron chi connectivity index (χ1n) is 3.17. The van der Waals surface area contributed by atoms with Gasteiger partial charge in [0.25, 0.3) is 0 Å². The van der Waals surface area contributed by atoms with Crippen LogP contribution in [0.4, 0.5) is 0 Å². The lowest BCUT2D eigenvalue weighted by Gasteiger charge is -2.15. The number of amides is 1. The van der Waals surface area contributed by atoms with Gasteiger partial charge in [0.2, 0.25) is 5.91 Å². The number of hydrogen-bond acceptors (Lipinski definition) is 2. The molecule has 1 saturated heterocycles. The minimum absolute atomic E-state index is 0.102. The van der Waals surface area contributed by atoms with Gasteiger partial charge in [-0.3, -0.25) is 4.79 Å². The third-order valence-corrected chi connectivity index (χ3v) is 1.96. The van der Waals surface area contributed by atoms with E-state index in [0.29, 0.717) is 6.54 Å². The molecular formula is C6H12N2O. The first-order chi connectivity index (χ1) is 4.19. The molecule has 1 fully saturated rings. The molecule has 52 valence electrons. The largest absolute Gasteiger partial charge is 0.356 e. The summed E-state index contributed by atoms with van der Waals surface area (Å²) in [7, 11) is 0. The molecule has 9 heavy (non-hydrogen) atoms. The molecule has 0 aromatic heterocycles. The van der Waals surface area contributed by atoms with Crippen LogP contribution in [0.15, 0.2) is 0 Å². The number of carbonyl (C=O) groups excluding carboxylic acids is 1. The van der Waals surface area contributed by atoms with Crippen molar-refractivity contribution in [2.75, 3.05) is 13.1 Å². The quantitative estimate of drug-likeness (QED) is 0.499. The fraction of sp³-hybridized carbons (Fsp3) is 0.833. The summed E-state index contributed by atoms with van der Waals surface area (Å²) in [6, 6.07) is 0. The summed E-state index contributed by atoms with van der Waals surface area (Å²) in [5.74, 6) is 0.102. The highest BCUT2D eigenvalue weighted by Gasteiger charge is 2.35. The molecule has 0 aromatic rings. The molecule has 0 spiro atoms. The predicted octanol–water partition coefficient (Wildman–Crippen LogP) is -0.529. The van der Waals surface area contributed by atoms with Gasteiger partial charge in [0.15, 0.2) is 0 Å². The van der Waals surface area contributed by atoms with E-state index >= 15 is 0 Å². The second-order valence-electron chi connectivity index (χ2n) is 2.77. The maximum absolute atomic E-state index is 10.9. The van der Waals surface area contributed by atoms with Crippen LogP contribution in [0.25, 0.3) is 0 Å². The van der Waals surface area contributed by atoms with E-state index in [1.807, 2.05) is 6.92 Å². The van der Waals surface area contributed by atoms with Gasteiger partial charge in [-0.1, -0.05) is 0 Å². The Labute approximate surface area is 54.6 Å². The van der Waals surface area contributed by atoms with Crippen LogP contribution in [0.5, 0.6) is 0 Å². The van der Waals surface area contributed by atoms with Gasteiger partial charge in [0, 0.05) is 13.1 Å². The third-order valence-electron chi connectivity index (χ3n) is 1.96. The molecule has 1 heterocycles. The molecule has 3 nitrogen and oxygen atoms in total. The SMILES string of the molecule is C[C@]1(CN)CCNC1=O. The van der Waals surface area contributed by atoms with E-state index in [2.05, 4.69) is 5.32 Å². The molecule has 1 atom stereocenters. The van der Waals surface area contributed by atoms with E-state index in [1.165, 1.54) is 0 Å². The summed E-state index contributed by atoms with van der Waals surface area (Å²) in [6.45, 7) is 3.14. The van der Waals surface area contributed by atoms with Crippen molar-refractivity contribution in [3.05, 3.63) is 0 Å². The third kappa shape index (κ3) is 0.920. The van der Waals surface area contributed by atoms with Crippen molar-refractivity contribution < 1.29 is 4.79 Å². The highest BCUT2D eigenvalue weighted by Crippen LogP contribution is 2.23. The van der Waals surface area contributed by atoms with Gasteiger partial charge in [0.05, 0.1) is 5.41 Å². The molecule has 0 unspecified atom stereocenters. The summed E-state index contributed by atoms with van der Waals surface area (Å²) in [5, 5.41) is 2.74. The lowest BCUT2D eigenvalue weighted by Crippen LogP contribution is -2.35. The molecule has 0 aliphatic carbocycles. The van der Waals surface area contributed by atoms with Gasteiger partial charge in [-0.25, -0.2) is 0 Å². The fourth-order valence-electron chi connectivity index (χ4n) is 0.974. The van der Waals surface area contributed by atoms with Crippen LogP contribution in [0, 0.1) is 5.41 Å². The van der Waals surface area contributed by atoms with Gasteiger partial charge < -0.3 is 11.1 Å². The maximum Gasteiger partial charge on any atom is 0.227 e. The van der Waals surface area contributed by atoms with E-state index in [1.54, 1.807) is 0 Å². The summed E-state index contributed by atoms with van der Waals surface area (Å²) >= 11 is 0. The predicted molar refractivity (Wildman–Crippen MR) is 34.8 cm³/mol. The zero-order chi connectivity index (χ0) is 6.91. The Kier molecular flexibility index (Phi) is 1.45. The fourth-order valence-corrected chi connectivity index (χ4v) is 0.974. The number of nitrogens with one attached hydrogen (secondary N) is 1. The Hall–Kier alpha value is -0.570. The molecule has 0 aromatic carbocycles. The molecule has 0 saturated carbocycles. The van der Waals surface area contributed by atoms with E-state index in [4.69, 9.17) is 5.73 Å². The van der Waals surface area contributed by atoms with Crippen LogP contribution in [0.1, 0.15) is 13.3 Å². The summed E-state index contributed by atoms with van der Waals surface area (Å²) < 4.78 is 0. The maximum atomic E-state index is 10.9. The highest BCUT2D eigenvalue weighted by atomic mass is 16.2. The van der Waals surface area contributed by atoms with E-state index < -0.39 is 0 Å². The lowest BCUT2D eigenvalue weighted by atomic mass is 9.89. The van der Waals surface area contributed by atoms with Crippen molar-refractivity contribution in [2.24, 2.45) is 11.1 Å². The topological polar surface area (TPSA) is 55.1 Å². The van der Waals surface area contributed by atoms with Gasteiger partial charge in [0.1, 0.15) is 0 Å². The van der Waals surface area contributed by atoms with Crippen molar-refractivity contribution in [2.45, 2.75) is 13.3 Å². The first-order valence-corrected chi connectivity index (χ1v) is 3.17. The summed E-state index contributed by atoms with van der Waals surface area (Å²) in [4.78, 5) is 10.9. The molecule has 0 bridgehead atoms. The Balaban J connectivity index is 2.67. The van der Waals surface area contributed by atoms with Crippen LogP contribution >= 0.6 is 0 Å². The normalized spacial score (nSPS) is 34.7. The van der Waals surface area contributed by atoms with E-state index in [0.717, 1.165) is 13.0 Å². The first kappa shape index (κ1) is 6.55. The van der Waals surface area contributed by atoms with Gasteiger partial charge in [-0.15, -0.1) is 0 Å². The molecule has 1 aliphatic heterocycles. The van der Waals surface area contributed by atoms with Crippen molar-refractivity contribution in [3.8, 4) is 0 Å². The molecule has 0 radical (unpaired) electrons. The molecule has 3 N–H and O–H groups in total. The Bertz CT molecular complexity index is 135. The second kappa shape index (κ2) is 1.99. The number of rotatable bonds is 1. The van der Waals surface area contributed by atoms with Crippen LogP contribution in [-0.4, -0.2) is 19.0 Å².